The van der Waals surface area contributed by atoms with Gasteiger partial charge in [-0.1, -0.05) is 17.7 Å². The normalized spacial score (nSPS) is 16.2. The van der Waals surface area contributed by atoms with Crippen LogP contribution in [0.4, 0.5) is 16.4 Å². The van der Waals surface area contributed by atoms with E-state index in [1.807, 2.05) is 0 Å². The van der Waals surface area contributed by atoms with Crippen molar-refractivity contribution in [3.8, 4) is 0 Å². The number of rotatable bonds is 3. The molecule has 1 aromatic carbocycles. The highest BCUT2D eigenvalue weighted by Gasteiger charge is 2.37. The fourth-order valence-electron chi connectivity index (χ4n) is 2.40. The minimum absolute atomic E-state index is 0.226. The number of halogens is 2. The molecule has 0 aliphatic carbocycles. The number of imide groups is 2. The highest BCUT2D eigenvalue weighted by molar-refractivity contribution is 9.10. The molecule has 3 rings (SSSR count). The highest BCUT2D eigenvalue weighted by atomic mass is 79.9. The number of nitrogens with one attached hydrogen (secondary N) is 1. The summed E-state index contributed by atoms with van der Waals surface area (Å²) >= 11 is 9.28. The lowest BCUT2D eigenvalue weighted by Crippen LogP contribution is -2.54. The lowest BCUT2D eigenvalue weighted by molar-refractivity contribution is -0.122. The largest absolute Gasteiger partial charge is 0.440 e. The molecule has 7 nitrogen and oxygen atoms in total. The summed E-state index contributed by atoms with van der Waals surface area (Å²) < 4.78 is 6.28. The van der Waals surface area contributed by atoms with E-state index in [2.05, 4.69) is 21.2 Å². The summed E-state index contributed by atoms with van der Waals surface area (Å²) in [5.74, 6) is -0.736. The van der Waals surface area contributed by atoms with E-state index in [0.29, 0.717) is 21.1 Å². The summed E-state index contributed by atoms with van der Waals surface area (Å²) in [6.07, 6.45) is 1.29. The van der Waals surface area contributed by atoms with Crippen molar-refractivity contribution in [3.05, 3.63) is 51.2 Å². The molecule has 0 atom stereocenters. The van der Waals surface area contributed by atoms with E-state index < -0.39 is 17.8 Å². The molecule has 134 valence electrons. The quantitative estimate of drug-likeness (QED) is 0.586. The molecule has 1 fully saturated rings. The van der Waals surface area contributed by atoms with E-state index in [0.717, 1.165) is 4.90 Å². The molecular formula is C17H13BrClN3O4. The summed E-state index contributed by atoms with van der Waals surface area (Å²) in [7, 11) is 3.58. The minimum atomic E-state index is -0.839. The maximum atomic E-state index is 12.8. The number of furan rings is 1. The fraction of sp³-hybridized carbons (Fsp3) is 0.118. The zero-order valence-electron chi connectivity index (χ0n) is 13.7. The van der Waals surface area contributed by atoms with Crippen LogP contribution in [0.2, 0.25) is 5.02 Å². The van der Waals surface area contributed by atoms with Gasteiger partial charge in [-0.25, -0.2) is 9.69 Å². The average Bonchev–Trinajstić information content (AvgIpc) is 2.92. The number of barbiturate groups is 1. The van der Waals surface area contributed by atoms with Gasteiger partial charge < -0.3 is 9.32 Å². The first kappa shape index (κ1) is 18.2. The lowest BCUT2D eigenvalue weighted by atomic mass is 10.1. The maximum Gasteiger partial charge on any atom is 0.335 e. The van der Waals surface area contributed by atoms with E-state index in [1.165, 1.54) is 12.1 Å². The molecule has 0 unspecified atom stereocenters. The molecule has 1 N–H and O–H groups in total. The second-order valence-corrected chi connectivity index (χ2v) is 6.92. The van der Waals surface area contributed by atoms with Crippen molar-refractivity contribution < 1.29 is 18.8 Å². The Morgan fingerprint density at radius 3 is 2.58 bits per heavy atom. The van der Waals surface area contributed by atoms with Crippen molar-refractivity contribution in [2.45, 2.75) is 0 Å². The number of urea groups is 1. The van der Waals surface area contributed by atoms with Crippen LogP contribution in [0.5, 0.6) is 0 Å². The first-order chi connectivity index (χ1) is 12.3. The molecule has 26 heavy (non-hydrogen) atoms. The topological polar surface area (TPSA) is 82.9 Å². The smallest absolute Gasteiger partial charge is 0.335 e. The van der Waals surface area contributed by atoms with Crippen LogP contribution in [0, 0.1) is 0 Å². The molecule has 0 spiro atoms. The third-order valence-electron chi connectivity index (χ3n) is 3.55. The van der Waals surface area contributed by atoms with Crippen LogP contribution in [0.25, 0.3) is 6.08 Å². The summed E-state index contributed by atoms with van der Waals surface area (Å²) in [6.45, 7) is 0. The summed E-state index contributed by atoms with van der Waals surface area (Å²) in [5.41, 5.74) is 0.0316. The van der Waals surface area contributed by atoms with E-state index in [1.54, 1.807) is 43.3 Å². The Morgan fingerprint density at radius 1 is 1.23 bits per heavy atom. The number of hydrogen-bond acceptors (Lipinski definition) is 5. The van der Waals surface area contributed by atoms with Gasteiger partial charge in [0.2, 0.25) is 5.88 Å². The van der Waals surface area contributed by atoms with Crippen molar-refractivity contribution in [1.29, 1.82) is 0 Å². The zero-order valence-corrected chi connectivity index (χ0v) is 16.1. The molecule has 0 saturated carbocycles. The number of anilines is 2. The Morgan fingerprint density at radius 2 is 1.96 bits per heavy atom. The first-order valence-electron chi connectivity index (χ1n) is 7.41. The van der Waals surface area contributed by atoms with Gasteiger partial charge in [-0.3, -0.25) is 14.9 Å². The first-order valence-corrected chi connectivity index (χ1v) is 8.58. The number of carbonyl (C=O) groups is 3. The van der Waals surface area contributed by atoms with E-state index in [9.17, 15) is 14.4 Å². The summed E-state index contributed by atoms with van der Waals surface area (Å²) in [5, 5.41) is 2.50. The molecule has 2 heterocycles. The van der Waals surface area contributed by atoms with Crippen molar-refractivity contribution in [1.82, 2.24) is 5.32 Å². The van der Waals surface area contributed by atoms with Gasteiger partial charge >= 0.3 is 6.03 Å². The fourth-order valence-corrected chi connectivity index (χ4v) is 3.25. The third-order valence-corrected chi connectivity index (χ3v) is 4.35. The molecule has 0 radical (unpaired) electrons. The highest BCUT2D eigenvalue weighted by Crippen LogP contribution is 2.31. The van der Waals surface area contributed by atoms with Gasteiger partial charge in [0.25, 0.3) is 11.8 Å². The zero-order chi connectivity index (χ0) is 19.0. The monoisotopic (exact) mass is 437 g/mol. The van der Waals surface area contributed by atoms with Gasteiger partial charge in [0, 0.05) is 25.2 Å². The lowest BCUT2D eigenvalue weighted by Gasteiger charge is -2.26. The minimum Gasteiger partial charge on any atom is -0.440 e. The van der Waals surface area contributed by atoms with Gasteiger partial charge in [0.1, 0.15) is 11.3 Å². The maximum absolute atomic E-state index is 12.8. The standard InChI is InChI=1S/C17H13BrClN3O4/c1-21(2)16-13(18)8-11(26-16)7-12-14(23)20-17(25)22(15(12)24)10-5-3-4-9(19)6-10/h3-8H,1-2H3,(H,20,23,25)/b12-7+. The van der Waals surface area contributed by atoms with Crippen molar-refractivity contribution in [2.75, 3.05) is 23.9 Å². The SMILES string of the molecule is CN(C)c1oc(/C=C2\C(=O)NC(=O)N(c3cccc(Cl)c3)C2=O)cc1Br. The molecule has 4 amide bonds. The van der Waals surface area contributed by atoms with E-state index >= 15 is 0 Å². The van der Waals surface area contributed by atoms with Crippen LogP contribution in [-0.4, -0.2) is 31.9 Å². The van der Waals surface area contributed by atoms with Crippen LogP contribution < -0.4 is 15.1 Å². The molecule has 9 heteroatoms. The van der Waals surface area contributed by atoms with Gasteiger partial charge in [-0.2, -0.15) is 0 Å². The third kappa shape index (κ3) is 3.38. The molecule has 1 saturated heterocycles. The van der Waals surface area contributed by atoms with Crippen LogP contribution in [0.3, 0.4) is 0 Å². The number of amides is 4. The summed E-state index contributed by atoms with van der Waals surface area (Å²) in [4.78, 5) is 39.6. The van der Waals surface area contributed by atoms with Crippen LogP contribution in [-0.2, 0) is 9.59 Å². The van der Waals surface area contributed by atoms with Crippen LogP contribution in [0.15, 0.2) is 44.8 Å². The number of hydrogen-bond donors (Lipinski definition) is 1. The van der Waals surface area contributed by atoms with Crippen molar-refractivity contribution in [3.63, 3.8) is 0 Å². The predicted octanol–water partition coefficient (Wildman–Crippen LogP) is 3.43. The predicted molar refractivity (Wildman–Crippen MR) is 101 cm³/mol. The number of benzene rings is 1. The van der Waals surface area contributed by atoms with Gasteiger partial charge in [0.05, 0.1) is 10.2 Å². The molecule has 1 aliphatic heterocycles. The molecule has 1 aromatic heterocycles. The van der Waals surface area contributed by atoms with Crippen LogP contribution >= 0.6 is 27.5 Å². The van der Waals surface area contributed by atoms with Crippen LogP contribution in [0.1, 0.15) is 5.76 Å². The van der Waals surface area contributed by atoms with Gasteiger partial charge in [0.15, 0.2) is 0 Å². The van der Waals surface area contributed by atoms with Gasteiger partial charge in [-0.05, 0) is 40.2 Å². The number of carbonyl (C=O) groups excluding carboxylic acids is 3. The Hall–Kier alpha value is -2.58. The Labute approximate surface area is 162 Å². The Bertz CT molecular complexity index is 951. The molecule has 0 bridgehead atoms. The van der Waals surface area contributed by atoms with Gasteiger partial charge in [-0.15, -0.1) is 0 Å². The molecule has 1 aliphatic rings. The second-order valence-electron chi connectivity index (χ2n) is 5.63. The summed E-state index contributed by atoms with van der Waals surface area (Å²) in [6, 6.07) is 7.01. The van der Waals surface area contributed by atoms with Crippen molar-refractivity contribution in [2.24, 2.45) is 0 Å². The number of nitrogens with zero attached hydrogens (tertiary/aromatic N) is 2. The van der Waals surface area contributed by atoms with Crippen molar-refractivity contribution >= 4 is 63.0 Å². The Balaban J connectivity index is 2.01. The molecule has 2 aromatic rings. The Kier molecular flexibility index (Phi) is 4.88. The second kappa shape index (κ2) is 6.97. The van der Waals surface area contributed by atoms with E-state index in [4.69, 9.17) is 16.0 Å². The average molecular weight is 439 g/mol. The van der Waals surface area contributed by atoms with E-state index in [-0.39, 0.29) is 11.3 Å². The molecular weight excluding hydrogens is 426 g/mol.